The van der Waals surface area contributed by atoms with Crippen LogP contribution in [0.5, 0.6) is 0 Å². The molecule has 0 saturated heterocycles. The minimum absolute atomic E-state index is 0.0423. The molecule has 8 heteroatoms. The molecule has 0 amide bonds. The zero-order valence-corrected chi connectivity index (χ0v) is 37.2. The number of ether oxygens (including phenoxy) is 3. The second-order valence-corrected chi connectivity index (χ2v) is 17.4. The lowest BCUT2D eigenvalue weighted by Gasteiger charge is -2.31. The number of unbranched alkanes of at least 4 members (excludes halogenated alkanes) is 29. The standard InChI is InChI=1S/C47H91NO7/c1-6-8-10-12-14-16-18-19-20-21-22-23-24-25-26-27-28-30-32-34-36-38-46(50)55-43(41-53-40-39-44(47(51)52)48(3,4)5)42-54-45(49)37-35-33-31-29-17-15-13-11-9-7-2/h43-44H,6-42H2,1-5H3/p+1. The molecule has 2 atom stereocenters. The maximum atomic E-state index is 12.7. The van der Waals surface area contributed by atoms with Gasteiger partial charge < -0.3 is 23.8 Å². The van der Waals surface area contributed by atoms with E-state index in [1.807, 2.05) is 21.1 Å². The summed E-state index contributed by atoms with van der Waals surface area (Å²) in [4.78, 5) is 36.9. The zero-order valence-electron chi connectivity index (χ0n) is 37.2. The van der Waals surface area contributed by atoms with Gasteiger partial charge in [-0.3, -0.25) is 9.59 Å². The van der Waals surface area contributed by atoms with Gasteiger partial charge in [0, 0.05) is 19.3 Å². The number of rotatable bonds is 43. The maximum Gasteiger partial charge on any atom is 0.362 e. The number of nitrogens with zero attached hydrogens (tertiary/aromatic N) is 1. The Labute approximate surface area is 340 Å². The van der Waals surface area contributed by atoms with Crippen molar-refractivity contribution in [2.45, 2.75) is 244 Å². The molecule has 0 bridgehead atoms. The fourth-order valence-electron chi connectivity index (χ4n) is 7.33. The van der Waals surface area contributed by atoms with Crippen LogP contribution in [0.25, 0.3) is 0 Å². The van der Waals surface area contributed by atoms with E-state index in [-0.39, 0.29) is 36.2 Å². The zero-order chi connectivity index (χ0) is 40.7. The van der Waals surface area contributed by atoms with Gasteiger partial charge in [0.1, 0.15) is 6.61 Å². The first-order chi connectivity index (χ1) is 26.6. The molecule has 326 valence electrons. The monoisotopic (exact) mass is 783 g/mol. The quantitative estimate of drug-likeness (QED) is 0.0373. The van der Waals surface area contributed by atoms with E-state index in [9.17, 15) is 19.5 Å². The highest BCUT2D eigenvalue weighted by molar-refractivity contribution is 5.72. The Morgan fingerprint density at radius 3 is 1.13 bits per heavy atom. The van der Waals surface area contributed by atoms with Gasteiger partial charge in [-0.15, -0.1) is 0 Å². The van der Waals surface area contributed by atoms with Gasteiger partial charge in [0.2, 0.25) is 0 Å². The number of carbonyl (C=O) groups excluding carboxylic acids is 2. The van der Waals surface area contributed by atoms with Gasteiger partial charge in [0.05, 0.1) is 34.4 Å². The number of esters is 2. The van der Waals surface area contributed by atoms with E-state index >= 15 is 0 Å². The van der Waals surface area contributed by atoms with E-state index in [4.69, 9.17) is 14.2 Å². The first-order valence-corrected chi connectivity index (χ1v) is 23.6. The fourth-order valence-corrected chi connectivity index (χ4v) is 7.33. The topological polar surface area (TPSA) is 99.1 Å². The maximum absolute atomic E-state index is 12.7. The second kappa shape index (κ2) is 39.2. The van der Waals surface area contributed by atoms with E-state index in [0.29, 0.717) is 19.3 Å². The number of likely N-dealkylation sites (N-methyl/N-ethyl adjacent to an activating group) is 1. The molecule has 0 rings (SSSR count). The highest BCUT2D eigenvalue weighted by atomic mass is 16.6. The third-order valence-electron chi connectivity index (χ3n) is 11.0. The number of hydrogen-bond acceptors (Lipinski definition) is 6. The highest BCUT2D eigenvalue weighted by Crippen LogP contribution is 2.17. The first-order valence-electron chi connectivity index (χ1n) is 23.6. The minimum Gasteiger partial charge on any atom is -0.477 e. The van der Waals surface area contributed by atoms with Crippen LogP contribution in [0.15, 0.2) is 0 Å². The van der Waals surface area contributed by atoms with Gasteiger partial charge in [-0.1, -0.05) is 200 Å². The van der Waals surface area contributed by atoms with Crippen LogP contribution in [0.1, 0.15) is 232 Å². The van der Waals surface area contributed by atoms with Crippen molar-refractivity contribution in [1.82, 2.24) is 0 Å². The van der Waals surface area contributed by atoms with Crippen molar-refractivity contribution in [3.63, 3.8) is 0 Å². The number of carbonyl (C=O) groups is 3. The summed E-state index contributed by atoms with van der Waals surface area (Å²) in [6.45, 7) is 4.76. The van der Waals surface area contributed by atoms with E-state index in [2.05, 4.69) is 13.8 Å². The smallest absolute Gasteiger partial charge is 0.362 e. The average molecular weight is 783 g/mol. The molecule has 0 aliphatic heterocycles. The van der Waals surface area contributed by atoms with Gasteiger partial charge >= 0.3 is 17.9 Å². The Balaban J connectivity index is 4.16. The summed E-state index contributed by atoms with van der Waals surface area (Å²) in [5.74, 6) is -1.45. The van der Waals surface area contributed by atoms with Crippen molar-refractivity contribution in [2.75, 3.05) is 41.0 Å². The molecular weight excluding hydrogens is 691 g/mol. The van der Waals surface area contributed by atoms with Crippen LogP contribution in [0.2, 0.25) is 0 Å². The summed E-state index contributed by atoms with van der Waals surface area (Å²) in [5, 5.41) is 9.61. The molecule has 0 saturated carbocycles. The van der Waals surface area contributed by atoms with Crippen molar-refractivity contribution in [2.24, 2.45) is 0 Å². The Morgan fingerprint density at radius 2 is 0.800 bits per heavy atom. The van der Waals surface area contributed by atoms with Crippen LogP contribution < -0.4 is 0 Å². The number of carboxylic acids is 1. The summed E-state index contributed by atoms with van der Waals surface area (Å²) >= 11 is 0. The summed E-state index contributed by atoms with van der Waals surface area (Å²) in [7, 11) is 5.54. The molecule has 55 heavy (non-hydrogen) atoms. The second-order valence-electron chi connectivity index (χ2n) is 17.4. The third kappa shape index (κ3) is 37.7. The van der Waals surface area contributed by atoms with Crippen LogP contribution in [0.4, 0.5) is 0 Å². The molecule has 0 aromatic carbocycles. The molecule has 0 aromatic heterocycles. The normalized spacial score (nSPS) is 12.8. The lowest BCUT2D eigenvalue weighted by atomic mass is 10.0. The van der Waals surface area contributed by atoms with E-state index in [1.165, 1.54) is 161 Å². The predicted molar refractivity (Wildman–Crippen MR) is 229 cm³/mol. The van der Waals surface area contributed by atoms with E-state index in [1.54, 1.807) is 0 Å². The average Bonchev–Trinajstić information content (AvgIpc) is 3.14. The molecule has 0 aliphatic rings. The molecule has 0 heterocycles. The largest absolute Gasteiger partial charge is 0.477 e. The highest BCUT2D eigenvalue weighted by Gasteiger charge is 2.31. The Hall–Kier alpha value is -1.67. The van der Waals surface area contributed by atoms with Gasteiger partial charge in [0.25, 0.3) is 0 Å². The van der Waals surface area contributed by atoms with Crippen LogP contribution in [-0.2, 0) is 28.6 Å². The number of aliphatic carboxylic acids is 1. The molecule has 2 unspecified atom stereocenters. The first kappa shape index (κ1) is 53.3. The Bertz CT molecular complexity index is 874. The molecule has 0 aromatic rings. The summed E-state index contributed by atoms with van der Waals surface area (Å²) in [5.41, 5.74) is 0. The van der Waals surface area contributed by atoms with Crippen molar-refractivity contribution in [3.8, 4) is 0 Å². The van der Waals surface area contributed by atoms with Gasteiger partial charge in [0.15, 0.2) is 12.1 Å². The van der Waals surface area contributed by atoms with Crippen LogP contribution in [0.3, 0.4) is 0 Å². The van der Waals surface area contributed by atoms with Crippen LogP contribution in [0, 0.1) is 0 Å². The lowest BCUT2D eigenvalue weighted by Crippen LogP contribution is -2.50. The Kier molecular flexibility index (Phi) is 38.0. The van der Waals surface area contributed by atoms with Gasteiger partial charge in [-0.05, 0) is 12.8 Å². The lowest BCUT2D eigenvalue weighted by molar-refractivity contribution is -0.887. The van der Waals surface area contributed by atoms with Gasteiger partial charge in [-0.25, -0.2) is 4.79 Å². The summed E-state index contributed by atoms with van der Waals surface area (Å²) < 4.78 is 17.3. The van der Waals surface area contributed by atoms with Crippen molar-refractivity contribution in [1.29, 1.82) is 0 Å². The molecule has 1 N–H and O–H groups in total. The number of carboxylic acid groups (broad SMARTS) is 1. The van der Waals surface area contributed by atoms with E-state index < -0.39 is 18.1 Å². The SMILES string of the molecule is CCCCCCCCCCCCCCCCCCCCCCCC(=O)OC(COCCC(C(=O)O)[N+](C)(C)C)COC(=O)CCCCCCCCCCCC. The van der Waals surface area contributed by atoms with Crippen LogP contribution >= 0.6 is 0 Å². The predicted octanol–water partition coefficient (Wildman–Crippen LogP) is 12.9. The number of hydrogen-bond donors (Lipinski definition) is 1. The summed E-state index contributed by atoms with van der Waals surface area (Å²) in [6, 6.07) is -0.607. The molecule has 0 aliphatic carbocycles. The molecular formula is C47H92NO7+. The minimum atomic E-state index is -0.870. The van der Waals surface area contributed by atoms with Crippen molar-refractivity contribution in [3.05, 3.63) is 0 Å². The third-order valence-corrected chi connectivity index (χ3v) is 11.0. The molecule has 0 fully saturated rings. The van der Waals surface area contributed by atoms with E-state index in [0.717, 1.165) is 38.5 Å². The number of quaternary nitrogens is 1. The van der Waals surface area contributed by atoms with Crippen molar-refractivity contribution < 1.29 is 38.2 Å². The summed E-state index contributed by atoms with van der Waals surface area (Å²) in [6.07, 6.45) is 40.1. The molecule has 0 spiro atoms. The molecule has 0 radical (unpaired) electrons. The van der Waals surface area contributed by atoms with Crippen LogP contribution in [-0.4, -0.2) is 80.6 Å². The Morgan fingerprint density at radius 1 is 0.473 bits per heavy atom. The van der Waals surface area contributed by atoms with Gasteiger partial charge in [-0.2, -0.15) is 0 Å². The van der Waals surface area contributed by atoms with Crippen molar-refractivity contribution >= 4 is 17.9 Å². The molecule has 8 nitrogen and oxygen atoms in total. The fraction of sp³-hybridized carbons (Fsp3) is 0.936.